The molecule has 0 saturated heterocycles. The second-order valence-electron chi connectivity index (χ2n) is 6.14. The van der Waals surface area contributed by atoms with Gasteiger partial charge in [0.25, 0.3) is 0 Å². The van der Waals surface area contributed by atoms with Crippen molar-refractivity contribution in [1.29, 1.82) is 0 Å². The average molecular weight is 392 g/mol. The van der Waals surface area contributed by atoms with E-state index in [0.29, 0.717) is 0 Å². The van der Waals surface area contributed by atoms with E-state index in [2.05, 4.69) is 83.0 Å². The number of hydrogen-bond donors (Lipinski definition) is 0. The lowest BCUT2D eigenvalue weighted by molar-refractivity contribution is -0.0144. The molecule has 0 amide bonds. The van der Waals surface area contributed by atoms with E-state index in [1.54, 1.807) is 0 Å². The molecular weight excluding hydrogens is 368 g/mol. The smallest absolute Gasteiger partial charge is 0.0598 e. The molecule has 0 aromatic heterocycles. The Morgan fingerprint density at radius 3 is 2.05 bits per heavy atom. The molecule has 0 atom stereocenters. The van der Waals surface area contributed by atoms with Gasteiger partial charge >= 0.3 is 0 Å². The minimum Gasteiger partial charge on any atom is -0.376 e. The van der Waals surface area contributed by atoms with E-state index in [0.717, 1.165) is 30.1 Å². The highest BCUT2D eigenvalue weighted by molar-refractivity contribution is 9.09. The summed E-state index contributed by atoms with van der Waals surface area (Å²) < 4.78 is 5.88. The summed E-state index contributed by atoms with van der Waals surface area (Å²) in [6, 6.07) is 10.7. The van der Waals surface area contributed by atoms with Gasteiger partial charge in [-0.1, -0.05) is 62.2 Å². The van der Waals surface area contributed by atoms with Crippen LogP contribution in [0.1, 0.15) is 32.8 Å². The lowest BCUT2D eigenvalue weighted by Crippen LogP contribution is -2.31. The van der Waals surface area contributed by atoms with Gasteiger partial charge in [-0.05, 0) is 44.6 Å². The van der Waals surface area contributed by atoms with Gasteiger partial charge in [-0.2, -0.15) is 0 Å². The van der Waals surface area contributed by atoms with Gasteiger partial charge in [0.2, 0.25) is 0 Å². The Labute approximate surface area is 134 Å². The maximum Gasteiger partial charge on any atom is 0.0598 e. The van der Waals surface area contributed by atoms with Crippen LogP contribution in [0.15, 0.2) is 30.3 Å². The molecule has 0 bridgehead atoms. The van der Waals surface area contributed by atoms with E-state index >= 15 is 0 Å². The zero-order chi connectivity index (χ0) is 14.4. The van der Waals surface area contributed by atoms with Crippen molar-refractivity contribution in [3.63, 3.8) is 0 Å². The van der Waals surface area contributed by atoms with Gasteiger partial charge in [-0.25, -0.2) is 0 Å². The normalized spacial score (nSPS) is 12.7. The highest BCUT2D eigenvalue weighted by Crippen LogP contribution is 2.32. The Kier molecular flexibility index (Phi) is 7.06. The first-order valence-electron chi connectivity index (χ1n) is 6.71. The first-order valence-corrected chi connectivity index (χ1v) is 8.95. The molecule has 1 aromatic rings. The van der Waals surface area contributed by atoms with Gasteiger partial charge in [-0.3, -0.25) is 0 Å². The molecular formula is C16H24Br2O. The average Bonchev–Trinajstić information content (AvgIpc) is 2.37. The quantitative estimate of drug-likeness (QED) is 0.579. The zero-order valence-corrected chi connectivity index (χ0v) is 15.3. The van der Waals surface area contributed by atoms with E-state index in [1.807, 2.05) is 0 Å². The fourth-order valence-corrected chi connectivity index (χ4v) is 3.84. The van der Waals surface area contributed by atoms with Gasteiger partial charge in [0.1, 0.15) is 0 Å². The molecule has 0 radical (unpaired) electrons. The molecule has 19 heavy (non-hydrogen) atoms. The van der Waals surface area contributed by atoms with Gasteiger partial charge in [0.05, 0.1) is 5.60 Å². The van der Waals surface area contributed by atoms with Gasteiger partial charge in [0.15, 0.2) is 0 Å². The predicted octanol–water partition coefficient (Wildman–Crippen LogP) is 5.21. The van der Waals surface area contributed by atoms with Crippen molar-refractivity contribution in [3.05, 3.63) is 35.9 Å². The molecule has 0 aliphatic carbocycles. The van der Waals surface area contributed by atoms with Crippen LogP contribution in [0, 0.1) is 5.41 Å². The highest BCUT2D eigenvalue weighted by Gasteiger charge is 2.28. The van der Waals surface area contributed by atoms with E-state index in [-0.39, 0.29) is 11.0 Å². The van der Waals surface area contributed by atoms with Crippen LogP contribution in [0.4, 0.5) is 0 Å². The summed E-state index contributed by atoms with van der Waals surface area (Å²) in [4.78, 5) is 0. The highest BCUT2D eigenvalue weighted by atomic mass is 79.9. The van der Waals surface area contributed by atoms with E-state index in [9.17, 15) is 0 Å². The summed E-state index contributed by atoms with van der Waals surface area (Å²) >= 11 is 7.37. The van der Waals surface area contributed by atoms with Crippen molar-refractivity contribution in [2.75, 3.05) is 17.3 Å². The van der Waals surface area contributed by atoms with Crippen molar-refractivity contribution >= 4 is 31.9 Å². The third-order valence-corrected chi connectivity index (χ3v) is 5.54. The maximum absolute atomic E-state index is 5.88. The standard InChI is InChI=1S/C16H24Br2O/c1-15(2,3)19-10-9-16(12-17,13-18)11-14-7-5-4-6-8-14/h4-8H,9-13H2,1-3H3. The van der Waals surface area contributed by atoms with Gasteiger partial charge in [0, 0.05) is 17.3 Å². The first kappa shape index (κ1) is 17.2. The molecule has 0 N–H and O–H groups in total. The summed E-state index contributed by atoms with van der Waals surface area (Å²) in [6.45, 7) is 7.12. The number of alkyl halides is 2. The third-order valence-electron chi connectivity index (χ3n) is 3.16. The van der Waals surface area contributed by atoms with Crippen LogP contribution in [-0.2, 0) is 11.2 Å². The van der Waals surface area contributed by atoms with E-state index < -0.39 is 0 Å². The van der Waals surface area contributed by atoms with Crippen LogP contribution in [0.2, 0.25) is 0 Å². The fourth-order valence-electron chi connectivity index (χ4n) is 1.95. The van der Waals surface area contributed by atoms with Crippen LogP contribution in [-0.4, -0.2) is 22.9 Å². The van der Waals surface area contributed by atoms with Gasteiger partial charge < -0.3 is 4.74 Å². The van der Waals surface area contributed by atoms with Crippen LogP contribution >= 0.6 is 31.9 Å². The van der Waals surface area contributed by atoms with E-state index in [1.165, 1.54) is 5.56 Å². The third kappa shape index (κ3) is 6.42. The topological polar surface area (TPSA) is 9.23 Å². The summed E-state index contributed by atoms with van der Waals surface area (Å²) in [5.74, 6) is 0. The molecule has 0 heterocycles. The molecule has 1 aromatic carbocycles. The zero-order valence-electron chi connectivity index (χ0n) is 12.1. The van der Waals surface area contributed by atoms with Crippen LogP contribution in [0.25, 0.3) is 0 Å². The predicted molar refractivity (Wildman–Crippen MR) is 90.5 cm³/mol. The second kappa shape index (κ2) is 7.80. The van der Waals surface area contributed by atoms with Crippen molar-refractivity contribution in [1.82, 2.24) is 0 Å². The Balaban J connectivity index is 2.63. The molecule has 0 saturated carbocycles. The largest absolute Gasteiger partial charge is 0.376 e. The molecule has 1 rings (SSSR count). The molecule has 0 fully saturated rings. The van der Waals surface area contributed by atoms with Crippen LogP contribution in [0.3, 0.4) is 0 Å². The van der Waals surface area contributed by atoms with Crippen molar-refractivity contribution < 1.29 is 4.74 Å². The minimum atomic E-state index is -0.0584. The second-order valence-corrected chi connectivity index (χ2v) is 7.26. The lowest BCUT2D eigenvalue weighted by Gasteiger charge is -2.31. The van der Waals surface area contributed by atoms with Crippen LogP contribution < -0.4 is 0 Å². The van der Waals surface area contributed by atoms with E-state index in [4.69, 9.17) is 4.74 Å². The number of ether oxygens (including phenoxy) is 1. The summed E-state index contributed by atoms with van der Waals surface area (Å²) in [7, 11) is 0. The molecule has 108 valence electrons. The van der Waals surface area contributed by atoms with Crippen molar-refractivity contribution in [2.45, 2.75) is 39.2 Å². The maximum atomic E-state index is 5.88. The lowest BCUT2D eigenvalue weighted by atomic mass is 9.83. The Morgan fingerprint density at radius 2 is 1.58 bits per heavy atom. The molecule has 0 unspecified atom stereocenters. The molecule has 0 aliphatic rings. The monoisotopic (exact) mass is 390 g/mol. The Hall–Kier alpha value is 0.140. The number of rotatable bonds is 7. The van der Waals surface area contributed by atoms with Crippen LogP contribution in [0.5, 0.6) is 0 Å². The fraction of sp³-hybridized carbons (Fsp3) is 0.625. The summed E-state index contributed by atoms with van der Waals surface area (Å²) in [6.07, 6.45) is 2.12. The molecule has 0 spiro atoms. The molecule has 1 nitrogen and oxygen atoms in total. The summed E-state index contributed by atoms with van der Waals surface area (Å²) in [5.41, 5.74) is 1.54. The number of hydrogen-bond acceptors (Lipinski definition) is 1. The van der Waals surface area contributed by atoms with Crippen molar-refractivity contribution in [2.24, 2.45) is 5.41 Å². The summed E-state index contributed by atoms with van der Waals surface area (Å²) in [5, 5.41) is 1.96. The van der Waals surface area contributed by atoms with Crippen molar-refractivity contribution in [3.8, 4) is 0 Å². The van der Waals surface area contributed by atoms with Gasteiger partial charge in [-0.15, -0.1) is 0 Å². The SMILES string of the molecule is CC(C)(C)OCCC(CBr)(CBr)Cc1ccccc1. The minimum absolute atomic E-state index is 0.0584. The first-order chi connectivity index (χ1) is 8.91. The Bertz CT molecular complexity index is 353. The molecule has 3 heteroatoms. The molecule has 0 aliphatic heterocycles. The Morgan fingerprint density at radius 1 is 1.00 bits per heavy atom. The number of benzene rings is 1. The number of halogens is 2.